The maximum atomic E-state index is 12.8. The standard InChI is InChI=1S/C24H37BrN2O7/c1-22(2,3)32-19(29)17(27-21(31)34-24(7,8)9)13-18(28)15-11-10-14(25)12-16(15)26-20(30)33-23(4,5)6/h10-12,17-18,28H,13H2,1-9H3,(H,26,30)(H,27,31). The first-order chi connectivity index (χ1) is 15.3. The SMILES string of the molecule is CC(C)(C)OC(=O)Nc1cc(Br)ccc1C(O)CC(NC(=O)OC(C)(C)C)C(=O)OC(C)(C)C. The second-order valence-electron chi connectivity index (χ2n) is 10.8. The van der Waals surface area contributed by atoms with Gasteiger partial charge in [0, 0.05) is 16.5 Å². The van der Waals surface area contributed by atoms with Crippen molar-refractivity contribution in [3.8, 4) is 0 Å². The van der Waals surface area contributed by atoms with E-state index in [0.29, 0.717) is 10.0 Å². The van der Waals surface area contributed by atoms with E-state index in [1.165, 1.54) is 0 Å². The lowest BCUT2D eigenvalue weighted by atomic mass is 10.00. The van der Waals surface area contributed by atoms with Gasteiger partial charge in [0.1, 0.15) is 22.8 Å². The van der Waals surface area contributed by atoms with Gasteiger partial charge in [0.05, 0.1) is 11.8 Å². The molecule has 10 heteroatoms. The number of hydrogen-bond donors (Lipinski definition) is 3. The highest BCUT2D eigenvalue weighted by Crippen LogP contribution is 2.30. The van der Waals surface area contributed by atoms with Crippen LogP contribution in [-0.4, -0.2) is 46.1 Å². The lowest BCUT2D eigenvalue weighted by Crippen LogP contribution is -2.46. The van der Waals surface area contributed by atoms with Crippen LogP contribution in [0.3, 0.4) is 0 Å². The quantitative estimate of drug-likeness (QED) is 0.321. The van der Waals surface area contributed by atoms with Crippen molar-refractivity contribution in [1.29, 1.82) is 0 Å². The molecule has 0 aromatic heterocycles. The average Bonchev–Trinajstić information content (AvgIpc) is 2.56. The molecule has 0 saturated carbocycles. The second kappa shape index (κ2) is 11.4. The number of carbonyl (C=O) groups is 3. The van der Waals surface area contributed by atoms with E-state index < -0.39 is 47.1 Å². The largest absolute Gasteiger partial charge is 0.458 e. The van der Waals surface area contributed by atoms with Gasteiger partial charge < -0.3 is 24.6 Å². The topological polar surface area (TPSA) is 123 Å². The third-order valence-electron chi connectivity index (χ3n) is 3.85. The molecule has 1 aromatic rings. The lowest BCUT2D eigenvalue weighted by molar-refractivity contribution is -0.158. The molecule has 0 spiro atoms. The van der Waals surface area contributed by atoms with Crippen molar-refractivity contribution < 1.29 is 33.7 Å². The Bertz CT molecular complexity index is 883. The van der Waals surface area contributed by atoms with Gasteiger partial charge in [0.25, 0.3) is 0 Å². The summed E-state index contributed by atoms with van der Waals surface area (Å²) in [6.07, 6.45) is -2.99. The maximum Gasteiger partial charge on any atom is 0.412 e. The van der Waals surface area contributed by atoms with Crippen LogP contribution in [0.5, 0.6) is 0 Å². The van der Waals surface area contributed by atoms with Crippen LogP contribution in [-0.2, 0) is 19.0 Å². The molecule has 0 bridgehead atoms. The highest BCUT2D eigenvalue weighted by Gasteiger charge is 2.32. The number of hydrogen-bond acceptors (Lipinski definition) is 7. The summed E-state index contributed by atoms with van der Waals surface area (Å²) in [7, 11) is 0. The number of anilines is 1. The van der Waals surface area contributed by atoms with Gasteiger partial charge in [-0.15, -0.1) is 0 Å². The van der Waals surface area contributed by atoms with Crippen molar-refractivity contribution in [2.24, 2.45) is 0 Å². The van der Waals surface area contributed by atoms with Crippen LogP contribution < -0.4 is 10.6 Å². The van der Waals surface area contributed by atoms with Crippen LogP contribution in [0.1, 0.15) is 80.4 Å². The smallest absolute Gasteiger partial charge is 0.412 e. The van der Waals surface area contributed by atoms with Crippen molar-refractivity contribution >= 4 is 39.8 Å². The van der Waals surface area contributed by atoms with Crippen molar-refractivity contribution in [2.45, 2.75) is 97.7 Å². The van der Waals surface area contributed by atoms with E-state index >= 15 is 0 Å². The van der Waals surface area contributed by atoms with Crippen LogP contribution in [0, 0.1) is 0 Å². The number of benzene rings is 1. The molecule has 0 aliphatic heterocycles. The first-order valence-electron chi connectivity index (χ1n) is 11.0. The fourth-order valence-corrected chi connectivity index (χ4v) is 3.09. The molecule has 0 radical (unpaired) electrons. The second-order valence-corrected chi connectivity index (χ2v) is 11.8. The van der Waals surface area contributed by atoms with Crippen LogP contribution in [0.2, 0.25) is 0 Å². The monoisotopic (exact) mass is 544 g/mol. The molecular formula is C24H37BrN2O7. The zero-order valence-corrected chi connectivity index (χ0v) is 23.0. The van der Waals surface area contributed by atoms with Gasteiger partial charge >= 0.3 is 18.2 Å². The molecule has 2 unspecified atom stereocenters. The molecule has 0 heterocycles. The van der Waals surface area contributed by atoms with Crippen molar-refractivity contribution in [3.63, 3.8) is 0 Å². The summed E-state index contributed by atoms with van der Waals surface area (Å²) < 4.78 is 16.6. The van der Waals surface area contributed by atoms with E-state index in [9.17, 15) is 19.5 Å². The molecule has 2 atom stereocenters. The van der Waals surface area contributed by atoms with E-state index in [1.54, 1.807) is 80.5 Å². The minimum absolute atomic E-state index is 0.223. The van der Waals surface area contributed by atoms with Crippen molar-refractivity contribution in [1.82, 2.24) is 5.32 Å². The first-order valence-corrected chi connectivity index (χ1v) is 11.7. The zero-order chi connectivity index (χ0) is 26.5. The summed E-state index contributed by atoms with van der Waals surface area (Å²) >= 11 is 3.34. The number of aliphatic hydroxyl groups is 1. The molecule has 0 aliphatic rings. The highest BCUT2D eigenvalue weighted by atomic mass is 79.9. The summed E-state index contributed by atoms with van der Waals surface area (Å²) in [6.45, 7) is 15.4. The number of ether oxygens (including phenoxy) is 3. The zero-order valence-electron chi connectivity index (χ0n) is 21.4. The Morgan fingerprint density at radius 2 is 1.38 bits per heavy atom. The molecule has 3 N–H and O–H groups in total. The number of alkyl carbamates (subject to hydrolysis) is 1. The number of rotatable bonds is 6. The number of amides is 2. The summed E-state index contributed by atoms with van der Waals surface area (Å²) in [6, 6.07) is 3.68. The van der Waals surface area contributed by atoms with Gasteiger partial charge in [-0.25, -0.2) is 14.4 Å². The molecular weight excluding hydrogens is 508 g/mol. The Morgan fingerprint density at radius 1 is 0.882 bits per heavy atom. The van der Waals surface area contributed by atoms with Crippen LogP contribution in [0.25, 0.3) is 0 Å². The molecule has 192 valence electrons. The number of nitrogens with one attached hydrogen (secondary N) is 2. The minimum atomic E-state index is -1.24. The summed E-state index contributed by atoms with van der Waals surface area (Å²) in [5, 5.41) is 16.1. The van der Waals surface area contributed by atoms with Gasteiger partial charge in [0.15, 0.2) is 0 Å². The maximum absolute atomic E-state index is 12.8. The number of carbonyl (C=O) groups excluding carboxylic acids is 3. The Kier molecular flexibility index (Phi) is 9.96. The van der Waals surface area contributed by atoms with Crippen LogP contribution in [0.15, 0.2) is 22.7 Å². The molecule has 34 heavy (non-hydrogen) atoms. The average molecular weight is 545 g/mol. The number of halogens is 1. The van der Waals surface area contributed by atoms with Gasteiger partial charge in [-0.05, 0) is 74.4 Å². The Labute approximate surface area is 210 Å². The lowest BCUT2D eigenvalue weighted by Gasteiger charge is -2.28. The van der Waals surface area contributed by atoms with E-state index in [0.717, 1.165) is 0 Å². The molecule has 1 aromatic carbocycles. The summed E-state index contributed by atoms with van der Waals surface area (Å²) in [5.41, 5.74) is -1.69. The minimum Gasteiger partial charge on any atom is -0.458 e. The molecule has 1 rings (SSSR count). The molecule has 0 aliphatic carbocycles. The third-order valence-corrected chi connectivity index (χ3v) is 4.34. The van der Waals surface area contributed by atoms with Gasteiger partial charge in [-0.3, -0.25) is 5.32 Å². The highest BCUT2D eigenvalue weighted by molar-refractivity contribution is 9.10. The third kappa shape index (κ3) is 11.7. The van der Waals surface area contributed by atoms with Gasteiger partial charge in [-0.1, -0.05) is 22.0 Å². The van der Waals surface area contributed by atoms with Crippen molar-refractivity contribution in [3.05, 3.63) is 28.2 Å². The Balaban J connectivity index is 3.17. The summed E-state index contributed by atoms with van der Waals surface area (Å²) in [5.74, 6) is -0.726. The van der Waals surface area contributed by atoms with E-state index in [2.05, 4.69) is 26.6 Å². The van der Waals surface area contributed by atoms with Crippen LogP contribution in [0.4, 0.5) is 15.3 Å². The van der Waals surface area contributed by atoms with Gasteiger partial charge in [-0.2, -0.15) is 0 Å². The van der Waals surface area contributed by atoms with E-state index in [-0.39, 0.29) is 12.1 Å². The summed E-state index contributed by atoms with van der Waals surface area (Å²) in [4.78, 5) is 37.4. The number of aliphatic hydroxyl groups excluding tert-OH is 1. The fourth-order valence-electron chi connectivity index (χ4n) is 2.73. The molecule has 0 saturated heterocycles. The Hall–Kier alpha value is -2.33. The molecule has 0 fully saturated rings. The first kappa shape index (κ1) is 29.7. The predicted molar refractivity (Wildman–Crippen MR) is 133 cm³/mol. The van der Waals surface area contributed by atoms with Gasteiger partial charge in [0.2, 0.25) is 0 Å². The molecule has 2 amide bonds. The Morgan fingerprint density at radius 3 is 1.88 bits per heavy atom. The fraction of sp³-hybridized carbons (Fsp3) is 0.625. The van der Waals surface area contributed by atoms with E-state index in [4.69, 9.17) is 14.2 Å². The van der Waals surface area contributed by atoms with E-state index in [1.807, 2.05) is 0 Å². The molecule has 9 nitrogen and oxygen atoms in total. The normalized spacial score (nSPS) is 14.0. The van der Waals surface area contributed by atoms with Crippen LogP contribution >= 0.6 is 15.9 Å². The number of esters is 1. The predicted octanol–water partition coefficient (Wildman–Crippen LogP) is 5.45. The van der Waals surface area contributed by atoms with Crippen molar-refractivity contribution in [2.75, 3.05) is 5.32 Å².